The van der Waals surface area contributed by atoms with Crippen LogP contribution in [0, 0.1) is 13.8 Å². The van der Waals surface area contributed by atoms with Crippen molar-refractivity contribution in [2.45, 2.75) is 19.7 Å². The summed E-state index contributed by atoms with van der Waals surface area (Å²) in [4.78, 5) is 0. The molecule has 0 heterocycles. The summed E-state index contributed by atoms with van der Waals surface area (Å²) in [7, 11) is 0. The van der Waals surface area contributed by atoms with Crippen molar-refractivity contribution in [3.05, 3.63) is 59.2 Å². The van der Waals surface area contributed by atoms with Gasteiger partial charge in [0.15, 0.2) is 0 Å². The van der Waals surface area contributed by atoms with Crippen LogP contribution in [0.1, 0.15) is 16.7 Å². The molecule has 0 amide bonds. The molecule has 0 saturated heterocycles. The van der Waals surface area contributed by atoms with Crippen LogP contribution in [0.15, 0.2) is 42.5 Å². The molecule has 0 aliphatic heterocycles. The van der Waals surface area contributed by atoms with Crippen molar-refractivity contribution in [1.82, 2.24) is 0 Å². The molecule has 0 bridgehead atoms. The van der Waals surface area contributed by atoms with E-state index in [0.717, 1.165) is 22.6 Å². The van der Waals surface area contributed by atoms with Crippen molar-refractivity contribution in [3.8, 4) is 11.5 Å². The molecule has 2 aromatic carbocycles. The van der Waals surface area contributed by atoms with Gasteiger partial charge in [-0.1, -0.05) is 29.8 Å². The van der Waals surface area contributed by atoms with Crippen LogP contribution in [-0.2, 0) is 5.88 Å². The van der Waals surface area contributed by atoms with Gasteiger partial charge in [-0.2, -0.15) is 0 Å². The Morgan fingerprint density at radius 1 is 1.00 bits per heavy atom. The summed E-state index contributed by atoms with van der Waals surface area (Å²) in [6.07, 6.45) is 0. The average molecular weight is 247 g/mol. The van der Waals surface area contributed by atoms with Gasteiger partial charge in [0.25, 0.3) is 0 Å². The van der Waals surface area contributed by atoms with Crippen molar-refractivity contribution in [2.24, 2.45) is 0 Å². The first-order valence-electron chi connectivity index (χ1n) is 5.59. The number of rotatable bonds is 3. The minimum atomic E-state index is 0.505. The maximum atomic E-state index is 5.85. The van der Waals surface area contributed by atoms with E-state index in [1.807, 2.05) is 49.4 Å². The summed E-state index contributed by atoms with van der Waals surface area (Å²) < 4.78 is 5.85. The number of benzene rings is 2. The number of hydrogen-bond acceptors (Lipinski definition) is 1. The number of hydrogen-bond donors (Lipinski definition) is 0. The number of ether oxygens (including phenoxy) is 1. The van der Waals surface area contributed by atoms with Crippen molar-refractivity contribution in [1.29, 1.82) is 0 Å². The molecule has 0 saturated carbocycles. The van der Waals surface area contributed by atoms with E-state index < -0.39 is 0 Å². The van der Waals surface area contributed by atoms with Gasteiger partial charge in [0.05, 0.1) is 0 Å². The average Bonchev–Trinajstić information content (AvgIpc) is 2.35. The highest BCUT2D eigenvalue weighted by Gasteiger charge is 2.02. The molecule has 17 heavy (non-hydrogen) atoms. The van der Waals surface area contributed by atoms with Gasteiger partial charge in [0, 0.05) is 5.88 Å². The lowest BCUT2D eigenvalue weighted by Gasteiger charge is -2.10. The summed E-state index contributed by atoms with van der Waals surface area (Å²) in [5.41, 5.74) is 3.41. The minimum Gasteiger partial charge on any atom is -0.457 e. The molecule has 0 aliphatic rings. The predicted octanol–water partition coefficient (Wildman–Crippen LogP) is 4.83. The molecule has 0 unspecified atom stereocenters. The Morgan fingerprint density at radius 2 is 1.71 bits per heavy atom. The normalized spacial score (nSPS) is 10.3. The van der Waals surface area contributed by atoms with Gasteiger partial charge in [0.1, 0.15) is 11.5 Å². The fourth-order valence-corrected chi connectivity index (χ4v) is 1.74. The second-order valence-corrected chi connectivity index (χ2v) is 4.42. The Morgan fingerprint density at radius 3 is 2.35 bits per heavy atom. The summed E-state index contributed by atoms with van der Waals surface area (Å²) in [5, 5.41) is 0. The van der Waals surface area contributed by atoms with E-state index in [4.69, 9.17) is 16.3 Å². The van der Waals surface area contributed by atoms with Crippen LogP contribution in [0.2, 0.25) is 0 Å². The van der Waals surface area contributed by atoms with Crippen molar-refractivity contribution in [3.63, 3.8) is 0 Å². The molecule has 0 atom stereocenters. The summed E-state index contributed by atoms with van der Waals surface area (Å²) in [5.74, 6) is 2.22. The van der Waals surface area contributed by atoms with E-state index in [0.29, 0.717) is 5.88 Å². The number of halogens is 1. The van der Waals surface area contributed by atoms with Crippen molar-refractivity contribution in [2.75, 3.05) is 0 Å². The van der Waals surface area contributed by atoms with Gasteiger partial charge in [-0.05, 0) is 43.2 Å². The van der Waals surface area contributed by atoms with Gasteiger partial charge < -0.3 is 4.74 Å². The molecule has 0 aromatic heterocycles. The molecule has 0 spiro atoms. The molecule has 2 rings (SSSR count). The highest BCUT2D eigenvalue weighted by atomic mass is 35.5. The SMILES string of the molecule is Cc1ccc(Oc2cc(CCl)ccc2C)cc1. The molecule has 0 fully saturated rings. The number of alkyl halides is 1. The molecule has 88 valence electrons. The summed E-state index contributed by atoms with van der Waals surface area (Å²) in [6, 6.07) is 14.1. The Kier molecular flexibility index (Phi) is 3.70. The fourth-order valence-electron chi connectivity index (χ4n) is 1.57. The van der Waals surface area contributed by atoms with Crippen LogP contribution in [0.5, 0.6) is 11.5 Å². The van der Waals surface area contributed by atoms with Crippen LogP contribution in [0.3, 0.4) is 0 Å². The lowest BCUT2D eigenvalue weighted by molar-refractivity contribution is 0.478. The third kappa shape index (κ3) is 3.01. The second-order valence-electron chi connectivity index (χ2n) is 4.15. The van der Waals surface area contributed by atoms with Crippen LogP contribution in [0.4, 0.5) is 0 Å². The maximum absolute atomic E-state index is 5.85. The Labute approximate surface area is 107 Å². The van der Waals surface area contributed by atoms with Crippen molar-refractivity contribution >= 4 is 11.6 Å². The van der Waals surface area contributed by atoms with Gasteiger partial charge in [-0.3, -0.25) is 0 Å². The largest absolute Gasteiger partial charge is 0.457 e. The number of aryl methyl sites for hydroxylation is 2. The van der Waals surface area contributed by atoms with E-state index in [1.165, 1.54) is 5.56 Å². The summed E-state index contributed by atoms with van der Waals surface area (Å²) >= 11 is 5.82. The Hall–Kier alpha value is -1.47. The van der Waals surface area contributed by atoms with Gasteiger partial charge in [0.2, 0.25) is 0 Å². The Balaban J connectivity index is 2.25. The van der Waals surface area contributed by atoms with Crippen molar-refractivity contribution < 1.29 is 4.74 Å². The van der Waals surface area contributed by atoms with Crippen LogP contribution < -0.4 is 4.74 Å². The smallest absolute Gasteiger partial charge is 0.130 e. The quantitative estimate of drug-likeness (QED) is 0.705. The lowest BCUT2D eigenvalue weighted by atomic mass is 10.1. The molecule has 0 aliphatic carbocycles. The van der Waals surface area contributed by atoms with Gasteiger partial charge in [-0.15, -0.1) is 11.6 Å². The van der Waals surface area contributed by atoms with E-state index in [-0.39, 0.29) is 0 Å². The topological polar surface area (TPSA) is 9.23 Å². The first-order valence-corrected chi connectivity index (χ1v) is 6.12. The first kappa shape index (κ1) is 12.0. The standard InChI is InChI=1S/C15H15ClO/c1-11-3-7-14(8-4-11)17-15-9-13(10-16)6-5-12(15)2/h3-9H,10H2,1-2H3. The monoisotopic (exact) mass is 246 g/mol. The minimum absolute atomic E-state index is 0.505. The zero-order valence-electron chi connectivity index (χ0n) is 10.0. The third-order valence-corrected chi connectivity index (χ3v) is 2.96. The highest BCUT2D eigenvalue weighted by molar-refractivity contribution is 6.17. The maximum Gasteiger partial charge on any atom is 0.130 e. The van der Waals surface area contributed by atoms with Gasteiger partial charge in [-0.25, -0.2) is 0 Å². The zero-order chi connectivity index (χ0) is 12.3. The second kappa shape index (κ2) is 5.24. The molecule has 0 N–H and O–H groups in total. The van der Waals surface area contributed by atoms with E-state index in [9.17, 15) is 0 Å². The Bertz CT molecular complexity index is 503. The van der Waals surface area contributed by atoms with E-state index in [1.54, 1.807) is 0 Å². The van der Waals surface area contributed by atoms with Crippen LogP contribution >= 0.6 is 11.6 Å². The predicted molar refractivity (Wildman–Crippen MR) is 72.0 cm³/mol. The molecule has 1 nitrogen and oxygen atoms in total. The highest BCUT2D eigenvalue weighted by Crippen LogP contribution is 2.26. The van der Waals surface area contributed by atoms with E-state index in [2.05, 4.69) is 6.92 Å². The third-order valence-electron chi connectivity index (χ3n) is 2.66. The first-order chi connectivity index (χ1) is 8.19. The zero-order valence-corrected chi connectivity index (χ0v) is 10.8. The lowest BCUT2D eigenvalue weighted by Crippen LogP contribution is -1.89. The fraction of sp³-hybridized carbons (Fsp3) is 0.200. The molecular formula is C15H15ClO. The van der Waals surface area contributed by atoms with Gasteiger partial charge >= 0.3 is 0 Å². The summed E-state index contributed by atoms with van der Waals surface area (Å²) in [6.45, 7) is 4.09. The van der Waals surface area contributed by atoms with Crippen LogP contribution in [0.25, 0.3) is 0 Å². The molecule has 0 radical (unpaired) electrons. The molecule has 2 heteroatoms. The van der Waals surface area contributed by atoms with E-state index >= 15 is 0 Å². The molecule has 2 aromatic rings. The molecular weight excluding hydrogens is 232 g/mol. The van der Waals surface area contributed by atoms with Crippen LogP contribution in [-0.4, -0.2) is 0 Å².